The van der Waals surface area contributed by atoms with E-state index in [2.05, 4.69) is 5.32 Å². The van der Waals surface area contributed by atoms with Gasteiger partial charge in [-0.15, -0.1) is 0 Å². The molecule has 2 atom stereocenters. The van der Waals surface area contributed by atoms with E-state index >= 15 is 0 Å². The lowest BCUT2D eigenvalue weighted by molar-refractivity contribution is -0.143. The molecular formula is C16H21N3O5. The highest BCUT2D eigenvalue weighted by Crippen LogP contribution is 2.29. The van der Waals surface area contributed by atoms with Crippen molar-refractivity contribution in [1.82, 2.24) is 4.90 Å². The zero-order valence-corrected chi connectivity index (χ0v) is 13.6. The minimum atomic E-state index is -0.910. The van der Waals surface area contributed by atoms with E-state index < -0.39 is 23.8 Å². The third kappa shape index (κ3) is 3.76. The number of carboxylic acid groups (broad SMARTS) is 1. The SMILES string of the molecule is COc1c(NC(=O)N2CC(C)CC(C(=O)O)C2)cccc1C(N)=O. The Morgan fingerprint density at radius 1 is 1.33 bits per heavy atom. The molecule has 8 heteroatoms. The Labute approximate surface area is 139 Å². The van der Waals surface area contributed by atoms with Crippen LogP contribution >= 0.6 is 0 Å². The Bertz CT molecular complexity index is 661. The lowest BCUT2D eigenvalue weighted by Crippen LogP contribution is -2.47. The second-order valence-electron chi connectivity index (χ2n) is 5.96. The Hall–Kier alpha value is -2.77. The summed E-state index contributed by atoms with van der Waals surface area (Å²) in [5, 5.41) is 11.9. The molecule has 0 bridgehead atoms. The van der Waals surface area contributed by atoms with Crippen LogP contribution in [0, 0.1) is 11.8 Å². The van der Waals surface area contributed by atoms with Gasteiger partial charge in [-0.05, 0) is 24.5 Å². The summed E-state index contributed by atoms with van der Waals surface area (Å²) < 4.78 is 5.18. The van der Waals surface area contributed by atoms with Crippen LogP contribution in [0.25, 0.3) is 0 Å². The molecule has 3 amide bonds. The first-order valence-electron chi connectivity index (χ1n) is 7.59. The normalized spacial score (nSPS) is 20.3. The summed E-state index contributed by atoms with van der Waals surface area (Å²) in [7, 11) is 1.38. The van der Waals surface area contributed by atoms with Crippen molar-refractivity contribution in [2.75, 3.05) is 25.5 Å². The van der Waals surface area contributed by atoms with E-state index in [-0.39, 0.29) is 23.8 Å². The molecule has 0 aromatic heterocycles. The summed E-state index contributed by atoms with van der Waals surface area (Å²) >= 11 is 0. The zero-order valence-electron chi connectivity index (χ0n) is 13.6. The number of rotatable bonds is 4. The fourth-order valence-electron chi connectivity index (χ4n) is 2.94. The average Bonchev–Trinajstić information content (AvgIpc) is 2.53. The number of nitrogens with zero attached hydrogens (tertiary/aromatic N) is 1. The highest BCUT2D eigenvalue weighted by molar-refractivity contribution is 6.00. The maximum Gasteiger partial charge on any atom is 0.321 e. The molecule has 1 saturated heterocycles. The first-order valence-corrected chi connectivity index (χ1v) is 7.59. The number of amides is 3. The number of nitrogens with two attached hydrogens (primary N) is 1. The van der Waals surface area contributed by atoms with Crippen molar-refractivity contribution in [2.45, 2.75) is 13.3 Å². The topological polar surface area (TPSA) is 122 Å². The summed E-state index contributed by atoms with van der Waals surface area (Å²) in [6, 6.07) is 4.23. The molecule has 2 unspecified atom stereocenters. The van der Waals surface area contributed by atoms with Crippen molar-refractivity contribution < 1.29 is 24.2 Å². The zero-order chi connectivity index (χ0) is 17.9. The third-order valence-electron chi connectivity index (χ3n) is 4.02. The molecule has 1 fully saturated rings. The van der Waals surface area contributed by atoms with E-state index in [0.29, 0.717) is 18.7 Å². The first-order chi connectivity index (χ1) is 11.3. The smallest absolute Gasteiger partial charge is 0.321 e. The van der Waals surface area contributed by atoms with E-state index in [0.717, 1.165) is 0 Å². The number of carboxylic acids is 1. The van der Waals surface area contributed by atoms with Crippen LogP contribution in [-0.2, 0) is 4.79 Å². The Balaban J connectivity index is 2.19. The van der Waals surface area contributed by atoms with Gasteiger partial charge in [0.2, 0.25) is 0 Å². The van der Waals surface area contributed by atoms with Gasteiger partial charge >= 0.3 is 12.0 Å². The Kier molecular flexibility index (Phi) is 5.28. The van der Waals surface area contributed by atoms with Crippen molar-refractivity contribution in [2.24, 2.45) is 17.6 Å². The number of nitrogens with one attached hydrogen (secondary N) is 1. The first kappa shape index (κ1) is 17.6. The van der Waals surface area contributed by atoms with Gasteiger partial charge in [0.1, 0.15) is 0 Å². The Morgan fingerprint density at radius 2 is 2.04 bits per heavy atom. The molecule has 24 heavy (non-hydrogen) atoms. The maximum atomic E-state index is 12.5. The van der Waals surface area contributed by atoms with Crippen LogP contribution < -0.4 is 15.8 Å². The van der Waals surface area contributed by atoms with Gasteiger partial charge < -0.3 is 25.8 Å². The number of hydrogen-bond acceptors (Lipinski definition) is 4. The van der Waals surface area contributed by atoms with Gasteiger partial charge in [0, 0.05) is 13.1 Å². The highest BCUT2D eigenvalue weighted by atomic mass is 16.5. The third-order valence-corrected chi connectivity index (χ3v) is 4.02. The minimum Gasteiger partial charge on any atom is -0.494 e. The van der Waals surface area contributed by atoms with Crippen molar-refractivity contribution in [3.8, 4) is 5.75 Å². The van der Waals surface area contributed by atoms with Crippen molar-refractivity contribution >= 4 is 23.6 Å². The number of anilines is 1. The van der Waals surface area contributed by atoms with Crippen molar-refractivity contribution in [3.05, 3.63) is 23.8 Å². The molecular weight excluding hydrogens is 314 g/mol. The number of likely N-dealkylation sites (tertiary alicyclic amines) is 1. The number of methoxy groups -OCH3 is 1. The number of para-hydroxylation sites is 1. The quantitative estimate of drug-likeness (QED) is 0.767. The largest absolute Gasteiger partial charge is 0.494 e. The average molecular weight is 335 g/mol. The molecule has 130 valence electrons. The van der Waals surface area contributed by atoms with Crippen LogP contribution in [0.2, 0.25) is 0 Å². The number of carbonyl (C=O) groups is 3. The van der Waals surface area contributed by atoms with Gasteiger partial charge in [0.05, 0.1) is 24.3 Å². The summed E-state index contributed by atoms with van der Waals surface area (Å²) in [6.07, 6.45) is 0.541. The molecule has 4 N–H and O–H groups in total. The van der Waals surface area contributed by atoms with E-state index in [1.165, 1.54) is 18.1 Å². The number of carbonyl (C=O) groups excluding carboxylic acids is 2. The second-order valence-corrected chi connectivity index (χ2v) is 5.96. The van der Waals surface area contributed by atoms with Gasteiger partial charge in [-0.25, -0.2) is 4.79 Å². The second kappa shape index (κ2) is 7.20. The van der Waals surface area contributed by atoms with E-state index in [1.54, 1.807) is 12.1 Å². The van der Waals surface area contributed by atoms with Gasteiger partial charge in [0.15, 0.2) is 5.75 Å². The highest BCUT2D eigenvalue weighted by Gasteiger charge is 2.32. The predicted octanol–water partition coefficient (Wildman–Crippen LogP) is 1.37. The number of aliphatic carboxylic acids is 1. The molecule has 0 radical (unpaired) electrons. The van der Waals surface area contributed by atoms with E-state index in [4.69, 9.17) is 10.5 Å². The molecule has 1 aliphatic rings. The van der Waals surface area contributed by atoms with Gasteiger partial charge in [0.25, 0.3) is 5.91 Å². The van der Waals surface area contributed by atoms with Crippen LogP contribution in [0.4, 0.5) is 10.5 Å². The van der Waals surface area contributed by atoms with Crippen LogP contribution in [-0.4, -0.2) is 48.1 Å². The molecule has 0 spiro atoms. The summed E-state index contributed by atoms with van der Waals surface area (Å²) in [5.41, 5.74) is 5.76. The van der Waals surface area contributed by atoms with Crippen LogP contribution in [0.15, 0.2) is 18.2 Å². The number of hydrogen-bond donors (Lipinski definition) is 3. The molecule has 2 rings (SSSR count). The summed E-state index contributed by atoms with van der Waals surface area (Å²) in [4.78, 5) is 36.6. The molecule has 0 aliphatic carbocycles. The van der Waals surface area contributed by atoms with Crippen LogP contribution in [0.3, 0.4) is 0 Å². The molecule has 1 heterocycles. The number of benzene rings is 1. The van der Waals surface area contributed by atoms with Crippen molar-refractivity contribution in [1.29, 1.82) is 0 Å². The predicted molar refractivity (Wildman–Crippen MR) is 87.0 cm³/mol. The van der Waals surface area contributed by atoms with Gasteiger partial charge in [-0.1, -0.05) is 13.0 Å². The number of primary amides is 1. The maximum absolute atomic E-state index is 12.5. The fourth-order valence-corrected chi connectivity index (χ4v) is 2.94. The van der Waals surface area contributed by atoms with Crippen molar-refractivity contribution in [3.63, 3.8) is 0 Å². The lowest BCUT2D eigenvalue weighted by Gasteiger charge is -2.34. The van der Waals surface area contributed by atoms with E-state index in [1.807, 2.05) is 6.92 Å². The number of urea groups is 1. The molecule has 8 nitrogen and oxygen atoms in total. The summed E-state index contributed by atoms with van der Waals surface area (Å²) in [6.45, 7) is 2.51. The van der Waals surface area contributed by atoms with Gasteiger partial charge in [-0.3, -0.25) is 9.59 Å². The lowest BCUT2D eigenvalue weighted by atomic mass is 9.91. The monoisotopic (exact) mass is 335 g/mol. The molecule has 0 saturated carbocycles. The fraction of sp³-hybridized carbons (Fsp3) is 0.438. The number of ether oxygens (including phenoxy) is 1. The minimum absolute atomic E-state index is 0.0875. The number of piperidine rings is 1. The van der Waals surface area contributed by atoms with E-state index in [9.17, 15) is 19.5 Å². The summed E-state index contributed by atoms with van der Waals surface area (Å²) in [5.74, 6) is -1.89. The van der Waals surface area contributed by atoms with Crippen LogP contribution in [0.5, 0.6) is 5.75 Å². The molecule has 1 aliphatic heterocycles. The van der Waals surface area contributed by atoms with Gasteiger partial charge in [-0.2, -0.15) is 0 Å². The molecule has 1 aromatic carbocycles. The Morgan fingerprint density at radius 3 is 2.62 bits per heavy atom. The van der Waals surface area contributed by atoms with Crippen LogP contribution in [0.1, 0.15) is 23.7 Å². The standard InChI is InChI=1S/C16H21N3O5/c1-9-6-10(15(21)22)8-19(7-9)16(23)18-12-5-3-4-11(14(17)20)13(12)24-2/h3-5,9-10H,6-8H2,1-2H3,(H2,17,20)(H,18,23)(H,21,22). The molecule has 1 aromatic rings.